The highest BCUT2D eigenvalue weighted by atomic mass is 35.5. The van der Waals surface area contributed by atoms with Gasteiger partial charge in [0, 0.05) is 24.9 Å². The highest BCUT2D eigenvalue weighted by Gasteiger charge is 2.44. The van der Waals surface area contributed by atoms with Crippen LogP contribution in [0.15, 0.2) is 24.3 Å². The van der Waals surface area contributed by atoms with Gasteiger partial charge < -0.3 is 19.5 Å². The van der Waals surface area contributed by atoms with E-state index >= 15 is 0 Å². The highest BCUT2D eigenvalue weighted by Crippen LogP contribution is 2.27. The Bertz CT molecular complexity index is 718. The minimum atomic E-state index is -1.30. The van der Waals surface area contributed by atoms with Gasteiger partial charge in [0.2, 0.25) is 0 Å². The van der Waals surface area contributed by atoms with Crippen LogP contribution in [0.25, 0.3) is 0 Å². The standard InChI is InChI=1S/C20H26ClNO6/c1-19(2,3)28-18(25)22-14(10-12-6-8-13(21)9-7-12)11-15-16(23)26-20(4,5)27-17(15)24/h6-9,14-15H,10-11H2,1-5H3,(H,22,25)/t14-/m0/s1. The van der Waals surface area contributed by atoms with Crippen LogP contribution in [0, 0.1) is 5.92 Å². The lowest BCUT2D eigenvalue weighted by Crippen LogP contribution is -2.49. The molecule has 0 spiro atoms. The van der Waals surface area contributed by atoms with E-state index in [1.165, 1.54) is 13.8 Å². The van der Waals surface area contributed by atoms with Crippen LogP contribution in [0.1, 0.15) is 46.6 Å². The number of hydrogen-bond donors (Lipinski definition) is 1. The van der Waals surface area contributed by atoms with Crippen LogP contribution in [0.3, 0.4) is 0 Å². The van der Waals surface area contributed by atoms with Crippen LogP contribution in [0.4, 0.5) is 4.79 Å². The Morgan fingerprint density at radius 3 is 2.21 bits per heavy atom. The Hall–Kier alpha value is -2.28. The average Bonchev–Trinajstić information content (AvgIpc) is 2.50. The van der Waals surface area contributed by atoms with Crippen molar-refractivity contribution in [1.29, 1.82) is 0 Å². The summed E-state index contributed by atoms with van der Waals surface area (Å²) in [6.45, 7) is 8.22. The van der Waals surface area contributed by atoms with Gasteiger partial charge in [0.25, 0.3) is 5.79 Å². The van der Waals surface area contributed by atoms with Crippen molar-refractivity contribution in [2.24, 2.45) is 5.92 Å². The van der Waals surface area contributed by atoms with Crippen LogP contribution in [-0.2, 0) is 30.2 Å². The number of amides is 1. The lowest BCUT2D eigenvalue weighted by molar-refractivity contribution is -0.240. The predicted molar refractivity (Wildman–Crippen MR) is 103 cm³/mol. The Morgan fingerprint density at radius 2 is 1.71 bits per heavy atom. The third-order valence-corrected chi connectivity index (χ3v) is 4.15. The number of nitrogens with one attached hydrogen (secondary N) is 1. The number of cyclic esters (lactones) is 2. The van der Waals surface area contributed by atoms with E-state index in [1.54, 1.807) is 32.9 Å². The molecule has 1 fully saturated rings. The molecular formula is C20H26ClNO6. The smallest absolute Gasteiger partial charge is 0.407 e. The van der Waals surface area contributed by atoms with Crippen molar-refractivity contribution in [3.63, 3.8) is 0 Å². The van der Waals surface area contributed by atoms with E-state index in [-0.39, 0.29) is 6.42 Å². The number of carbonyl (C=O) groups is 3. The summed E-state index contributed by atoms with van der Waals surface area (Å²) < 4.78 is 15.6. The molecule has 0 aromatic heterocycles. The second-order valence-electron chi connectivity index (χ2n) is 8.20. The summed E-state index contributed by atoms with van der Waals surface area (Å²) in [5, 5.41) is 3.32. The maximum Gasteiger partial charge on any atom is 0.407 e. The van der Waals surface area contributed by atoms with E-state index in [1.807, 2.05) is 12.1 Å². The van der Waals surface area contributed by atoms with Crippen molar-refractivity contribution in [2.45, 2.75) is 64.9 Å². The fourth-order valence-electron chi connectivity index (χ4n) is 2.79. The molecule has 1 amide bonds. The van der Waals surface area contributed by atoms with Crippen LogP contribution in [-0.4, -0.2) is 35.5 Å². The number of carbonyl (C=O) groups excluding carboxylic acids is 3. The van der Waals surface area contributed by atoms with Crippen molar-refractivity contribution in [3.8, 4) is 0 Å². The number of esters is 2. The number of halogens is 1. The Labute approximate surface area is 169 Å². The largest absolute Gasteiger partial charge is 0.444 e. The van der Waals surface area contributed by atoms with Gasteiger partial charge in [0.05, 0.1) is 0 Å². The van der Waals surface area contributed by atoms with Gasteiger partial charge >= 0.3 is 18.0 Å². The van der Waals surface area contributed by atoms with Gasteiger partial charge in [0.1, 0.15) is 5.60 Å². The maximum atomic E-state index is 12.3. The Morgan fingerprint density at radius 1 is 1.18 bits per heavy atom. The fraction of sp³-hybridized carbons (Fsp3) is 0.550. The quantitative estimate of drug-likeness (QED) is 0.587. The van der Waals surface area contributed by atoms with Gasteiger partial charge in [-0.1, -0.05) is 23.7 Å². The summed E-state index contributed by atoms with van der Waals surface area (Å²) >= 11 is 5.91. The second kappa shape index (κ2) is 8.39. The molecule has 2 rings (SSSR count). The fourth-order valence-corrected chi connectivity index (χ4v) is 2.92. The third-order valence-electron chi connectivity index (χ3n) is 3.90. The zero-order valence-electron chi connectivity index (χ0n) is 16.7. The number of alkyl carbamates (subject to hydrolysis) is 1. The van der Waals surface area contributed by atoms with Crippen molar-refractivity contribution < 1.29 is 28.6 Å². The molecule has 8 heteroatoms. The zero-order chi connectivity index (χ0) is 21.1. The first-order valence-electron chi connectivity index (χ1n) is 9.04. The second-order valence-corrected chi connectivity index (χ2v) is 8.64. The minimum absolute atomic E-state index is 0.0234. The van der Waals surface area contributed by atoms with E-state index in [2.05, 4.69) is 5.32 Å². The average molecular weight is 412 g/mol. The third kappa shape index (κ3) is 6.71. The normalized spacial score (nSPS) is 18.1. The first kappa shape index (κ1) is 22.0. The lowest BCUT2D eigenvalue weighted by atomic mass is 9.94. The van der Waals surface area contributed by atoms with Crippen molar-refractivity contribution in [3.05, 3.63) is 34.9 Å². The summed E-state index contributed by atoms with van der Waals surface area (Å²) in [6.07, 6.45) is -0.240. The molecule has 7 nitrogen and oxygen atoms in total. The molecule has 1 aliphatic rings. The molecule has 1 saturated heterocycles. The van der Waals surface area contributed by atoms with E-state index < -0.39 is 41.4 Å². The van der Waals surface area contributed by atoms with Gasteiger partial charge in [-0.25, -0.2) is 4.79 Å². The van der Waals surface area contributed by atoms with Crippen LogP contribution < -0.4 is 5.32 Å². The summed E-state index contributed by atoms with van der Waals surface area (Å²) in [6, 6.07) is 6.53. The number of rotatable bonds is 5. The molecule has 1 atom stereocenters. The minimum Gasteiger partial charge on any atom is -0.444 e. The first-order chi connectivity index (χ1) is 12.8. The summed E-state index contributed by atoms with van der Waals surface area (Å²) in [5.74, 6) is -3.77. The molecule has 1 N–H and O–H groups in total. The molecule has 0 unspecified atom stereocenters. The maximum absolute atomic E-state index is 12.3. The molecule has 1 aliphatic heterocycles. The van der Waals surface area contributed by atoms with E-state index in [0.29, 0.717) is 11.4 Å². The SMILES string of the molecule is CC(C)(C)OC(=O)N[C@@H](Cc1ccc(Cl)cc1)CC1C(=O)OC(C)(C)OC1=O. The molecule has 154 valence electrons. The monoisotopic (exact) mass is 411 g/mol. The number of hydrogen-bond acceptors (Lipinski definition) is 6. The molecule has 0 aliphatic carbocycles. The van der Waals surface area contributed by atoms with Gasteiger partial charge in [0.15, 0.2) is 5.92 Å². The molecule has 1 heterocycles. The molecule has 1 aromatic rings. The van der Waals surface area contributed by atoms with E-state index in [0.717, 1.165) is 5.56 Å². The molecule has 0 radical (unpaired) electrons. The summed E-state index contributed by atoms with van der Waals surface area (Å²) in [5.41, 5.74) is 0.199. The summed E-state index contributed by atoms with van der Waals surface area (Å²) in [4.78, 5) is 36.8. The van der Waals surface area contributed by atoms with Crippen LogP contribution in [0.2, 0.25) is 5.02 Å². The molecule has 0 saturated carbocycles. The Balaban J connectivity index is 2.15. The lowest BCUT2D eigenvalue weighted by Gasteiger charge is -2.34. The van der Waals surface area contributed by atoms with Crippen molar-refractivity contribution >= 4 is 29.6 Å². The zero-order valence-corrected chi connectivity index (χ0v) is 17.5. The molecular weight excluding hydrogens is 386 g/mol. The van der Waals surface area contributed by atoms with Gasteiger partial charge in [-0.2, -0.15) is 0 Å². The topological polar surface area (TPSA) is 90.9 Å². The van der Waals surface area contributed by atoms with E-state index in [9.17, 15) is 14.4 Å². The molecule has 0 bridgehead atoms. The highest BCUT2D eigenvalue weighted by molar-refractivity contribution is 6.30. The van der Waals surface area contributed by atoms with Crippen molar-refractivity contribution in [1.82, 2.24) is 5.32 Å². The first-order valence-corrected chi connectivity index (χ1v) is 9.42. The van der Waals surface area contributed by atoms with Crippen LogP contribution >= 0.6 is 11.6 Å². The van der Waals surface area contributed by atoms with Gasteiger partial charge in [-0.3, -0.25) is 9.59 Å². The van der Waals surface area contributed by atoms with Crippen molar-refractivity contribution in [2.75, 3.05) is 0 Å². The van der Waals surface area contributed by atoms with Gasteiger partial charge in [-0.15, -0.1) is 0 Å². The predicted octanol–water partition coefficient (Wildman–Crippen LogP) is 3.62. The molecule has 28 heavy (non-hydrogen) atoms. The van der Waals surface area contributed by atoms with Gasteiger partial charge in [-0.05, 0) is 51.3 Å². The van der Waals surface area contributed by atoms with E-state index in [4.69, 9.17) is 25.8 Å². The number of benzene rings is 1. The van der Waals surface area contributed by atoms with Crippen LogP contribution in [0.5, 0.6) is 0 Å². The number of ether oxygens (including phenoxy) is 3. The molecule has 1 aromatic carbocycles. The Kier molecular flexibility index (Phi) is 6.59. The summed E-state index contributed by atoms with van der Waals surface area (Å²) in [7, 11) is 0.